The van der Waals surface area contributed by atoms with E-state index in [-0.39, 0.29) is 0 Å². The van der Waals surface area contributed by atoms with Crippen LogP contribution >= 0.6 is 0 Å². The Morgan fingerprint density at radius 1 is 1.22 bits per heavy atom. The Kier molecular flexibility index (Phi) is 4.75. The van der Waals surface area contributed by atoms with Crippen LogP contribution in [0.15, 0.2) is 18.2 Å². The predicted molar refractivity (Wildman–Crippen MR) is 106 cm³/mol. The molecule has 2 aliphatic carbocycles. The molecule has 0 saturated heterocycles. The van der Waals surface area contributed by atoms with Crippen LogP contribution in [0.3, 0.4) is 0 Å². The summed E-state index contributed by atoms with van der Waals surface area (Å²) >= 11 is 0. The maximum Gasteiger partial charge on any atom is 0.513 e. The second-order valence-corrected chi connectivity index (χ2v) is 8.00. The van der Waals surface area contributed by atoms with Crippen molar-refractivity contribution in [1.82, 2.24) is 0 Å². The highest BCUT2D eigenvalue weighted by Gasteiger charge is 2.46. The van der Waals surface area contributed by atoms with Gasteiger partial charge < -0.3 is 14.6 Å². The second-order valence-electron chi connectivity index (χ2n) is 8.00. The zero-order valence-corrected chi connectivity index (χ0v) is 16.4. The van der Waals surface area contributed by atoms with Crippen molar-refractivity contribution < 1.29 is 19.4 Å². The molecule has 0 spiro atoms. The molecule has 2 bridgehead atoms. The van der Waals surface area contributed by atoms with Crippen molar-refractivity contribution in [3.8, 4) is 11.5 Å². The molecular weight excluding hydrogens is 340 g/mol. The first-order valence-corrected chi connectivity index (χ1v) is 10.2. The lowest BCUT2D eigenvalue weighted by Crippen LogP contribution is -2.16. The van der Waals surface area contributed by atoms with Crippen molar-refractivity contribution in [2.45, 2.75) is 64.7 Å². The summed E-state index contributed by atoms with van der Waals surface area (Å²) in [5.74, 6) is 2.23. The number of benzene rings is 2. The summed E-state index contributed by atoms with van der Waals surface area (Å²) in [5, 5.41) is 12.7. The molecule has 0 amide bonds. The fourth-order valence-corrected chi connectivity index (χ4v) is 5.08. The van der Waals surface area contributed by atoms with Crippen LogP contribution in [0, 0.1) is 5.92 Å². The molecular formula is C23H28O4. The van der Waals surface area contributed by atoms with Crippen LogP contribution < -0.4 is 4.74 Å². The van der Waals surface area contributed by atoms with Crippen molar-refractivity contribution in [2.75, 3.05) is 6.61 Å². The average Bonchev–Trinajstić information content (AvgIpc) is 3.22. The molecule has 2 aliphatic rings. The number of rotatable bonds is 5. The van der Waals surface area contributed by atoms with E-state index in [2.05, 4.69) is 20.8 Å². The number of unbranched alkanes of at least 4 members (excludes halogenated alkanes) is 1. The van der Waals surface area contributed by atoms with Gasteiger partial charge in [-0.2, -0.15) is 0 Å². The van der Waals surface area contributed by atoms with Gasteiger partial charge in [-0.05, 0) is 49.0 Å². The van der Waals surface area contributed by atoms with E-state index in [1.54, 1.807) is 0 Å². The van der Waals surface area contributed by atoms with Gasteiger partial charge in [0.05, 0.1) is 6.61 Å². The first-order chi connectivity index (χ1) is 13.1. The zero-order chi connectivity index (χ0) is 19.1. The summed E-state index contributed by atoms with van der Waals surface area (Å²) in [6.07, 6.45) is 4.07. The van der Waals surface area contributed by atoms with Crippen LogP contribution in [0.5, 0.6) is 11.5 Å². The third-order valence-corrected chi connectivity index (χ3v) is 6.37. The van der Waals surface area contributed by atoms with Crippen LogP contribution in [0.4, 0.5) is 4.79 Å². The van der Waals surface area contributed by atoms with Crippen LogP contribution in [-0.4, -0.2) is 17.9 Å². The summed E-state index contributed by atoms with van der Waals surface area (Å²) < 4.78 is 11.1. The monoisotopic (exact) mass is 368 g/mol. The molecule has 27 heavy (non-hydrogen) atoms. The Bertz CT molecular complexity index is 886. The quantitative estimate of drug-likeness (QED) is 0.397. The number of hydrogen-bond acceptors (Lipinski definition) is 4. The number of phenols is 1. The van der Waals surface area contributed by atoms with Crippen LogP contribution in [0.1, 0.15) is 75.0 Å². The van der Waals surface area contributed by atoms with Gasteiger partial charge >= 0.3 is 6.16 Å². The molecule has 3 unspecified atom stereocenters. The van der Waals surface area contributed by atoms with Gasteiger partial charge in [-0.15, -0.1) is 0 Å². The molecule has 144 valence electrons. The molecule has 1 fully saturated rings. The van der Waals surface area contributed by atoms with Crippen LogP contribution in [-0.2, 0) is 11.2 Å². The molecule has 0 radical (unpaired) electrons. The van der Waals surface area contributed by atoms with Gasteiger partial charge in [0.2, 0.25) is 0 Å². The van der Waals surface area contributed by atoms with Crippen molar-refractivity contribution in [2.24, 2.45) is 5.92 Å². The van der Waals surface area contributed by atoms with E-state index >= 15 is 0 Å². The highest BCUT2D eigenvalue weighted by Crippen LogP contribution is 2.63. The molecule has 4 nitrogen and oxygen atoms in total. The van der Waals surface area contributed by atoms with Gasteiger partial charge in [0, 0.05) is 21.9 Å². The first-order valence-electron chi connectivity index (χ1n) is 10.2. The summed E-state index contributed by atoms with van der Waals surface area (Å²) in [6.45, 7) is 6.76. The Hall–Kier alpha value is -2.23. The van der Waals surface area contributed by atoms with Crippen LogP contribution in [0.25, 0.3) is 10.8 Å². The lowest BCUT2D eigenvalue weighted by Gasteiger charge is -2.26. The number of hydrogen-bond donors (Lipinski definition) is 1. The molecule has 1 saturated carbocycles. The van der Waals surface area contributed by atoms with Gasteiger partial charge in [0.25, 0.3) is 0 Å². The SMILES string of the molecule is CCCCOC(=O)Oc1c2c(c(O)c3cccc(CC)c13)C1CC2CC1C. The van der Waals surface area contributed by atoms with Crippen molar-refractivity contribution >= 4 is 16.9 Å². The molecule has 4 rings (SSSR count). The van der Waals surface area contributed by atoms with E-state index in [1.165, 1.54) is 0 Å². The minimum absolute atomic E-state index is 0.346. The van der Waals surface area contributed by atoms with Gasteiger partial charge in [-0.3, -0.25) is 0 Å². The van der Waals surface area contributed by atoms with Crippen LogP contribution in [0.2, 0.25) is 0 Å². The maximum absolute atomic E-state index is 12.4. The fourth-order valence-electron chi connectivity index (χ4n) is 5.08. The van der Waals surface area contributed by atoms with Crippen molar-refractivity contribution in [3.05, 3.63) is 34.9 Å². The number of aryl methyl sites for hydroxylation is 1. The van der Waals surface area contributed by atoms with E-state index in [4.69, 9.17) is 9.47 Å². The summed E-state index contributed by atoms with van der Waals surface area (Å²) in [7, 11) is 0. The largest absolute Gasteiger partial charge is 0.513 e. The molecule has 4 heteroatoms. The van der Waals surface area contributed by atoms with E-state index in [9.17, 15) is 9.90 Å². The second kappa shape index (κ2) is 7.06. The van der Waals surface area contributed by atoms with E-state index in [0.717, 1.165) is 59.6 Å². The average molecular weight is 368 g/mol. The maximum atomic E-state index is 12.4. The predicted octanol–water partition coefficient (Wildman–Crippen LogP) is 6.03. The number of ether oxygens (including phenoxy) is 2. The summed E-state index contributed by atoms with van der Waals surface area (Å²) in [4.78, 5) is 12.4. The highest BCUT2D eigenvalue weighted by atomic mass is 16.7. The van der Waals surface area contributed by atoms with Crippen molar-refractivity contribution in [1.29, 1.82) is 0 Å². The van der Waals surface area contributed by atoms with Gasteiger partial charge in [-0.1, -0.05) is 45.4 Å². The number of carbonyl (C=O) groups is 1. The summed E-state index contributed by atoms with van der Waals surface area (Å²) in [5.41, 5.74) is 3.12. The molecule has 0 aromatic heterocycles. The number of phenolic OH excluding ortho intramolecular Hbond substituents is 1. The zero-order valence-electron chi connectivity index (χ0n) is 16.4. The smallest absolute Gasteiger partial charge is 0.507 e. The Morgan fingerprint density at radius 2 is 2.04 bits per heavy atom. The standard InChI is InChI=1S/C23H28O4/c1-4-6-10-26-23(25)27-22-18-14(5-2)8-7-9-16(18)21(24)20-17-12-15(19(20)22)11-13(17)3/h7-9,13,15,17,24H,4-6,10-12H2,1-3H3. The highest BCUT2D eigenvalue weighted by molar-refractivity contribution is 6.00. The van der Waals surface area contributed by atoms with E-state index in [1.807, 2.05) is 18.2 Å². The van der Waals surface area contributed by atoms with Crippen molar-refractivity contribution in [3.63, 3.8) is 0 Å². The molecule has 2 aromatic carbocycles. The molecule has 2 aromatic rings. The molecule has 1 N–H and O–H groups in total. The van der Waals surface area contributed by atoms with E-state index < -0.39 is 6.16 Å². The Balaban J connectivity index is 1.87. The number of aromatic hydroxyl groups is 1. The Labute approximate surface area is 160 Å². The lowest BCUT2D eigenvalue weighted by molar-refractivity contribution is 0.0978. The topological polar surface area (TPSA) is 55.8 Å². The van der Waals surface area contributed by atoms with Gasteiger partial charge in [0.15, 0.2) is 0 Å². The lowest BCUT2D eigenvalue weighted by atomic mass is 9.81. The number of carbonyl (C=O) groups excluding carboxylic acids is 1. The van der Waals surface area contributed by atoms with Gasteiger partial charge in [0.1, 0.15) is 11.5 Å². The third kappa shape index (κ3) is 2.86. The fraction of sp³-hybridized carbons (Fsp3) is 0.522. The molecule has 0 aliphatic heterocycles. The summed E-state index contributed by atoms with van der Waals surface area (Å²) in [6, 6.07) is 5.93. The first kappa shape index (κ1) is 18.1. The van der Waals surface area contributed by atoms with E-state index in [0.29, 0.717) is 35.9 Å². The minimum Gasteiger partial charge on any atom is -0.507 e. The molecule has 0 heterocycles. The normalized spacial score (nSPS) is 22.9. The molecule has 3 atom stereocenters. The Morgan fingerprint density at radius 3 is 2.78 bits per heavy atom. The van der Waals surface area contributed by atoms with Gasteiger partial charge in [-0.25, -0.2) is 4.79 Å². The number of fused-ring (bicyclic) bond motifs is 6. The third-order valence-electron chi connectivity index (χ3n) is 6.37. The minimum atomic E-state index is -0.639.